The van der Waals surface area contributed by atoms with E-state index >= 15 is 0 Å². The van der Waals surface area contributed by atoms with Crippen LogP contribution in [-0.4, -0.2) is 14.0 Å². The number of hydrogen-bond acceptors (Lipinski definition) is 3. The molecule has 1 aliphatic carbocycles. The molecule has 1 saturated carbocycles. The fourth-order valence-electron chi connectivity index (χ4n) is 2.86. The average Bonchev–Trinajstić information content (AvgIpc) is 2.33. The second-order valence-corrected chi connectivity index (χ2v) is 7.49. The predicted octanol–water partition coefficient (Wildman–Crippen LogP) is 2.37. The highest BCUT2D eigenvalue weighted by Gasteiger charge is 2.39. The van der Waals surface area contributed by atoms with E-state index in [9.17, 15) is 8.42 Å². The smallest absolute Gasteiger partial charge is 0.241 e. The first-order valence-corrected chi connectivity index (χ1v) is 8.66. The number of sulfonamides is 1. The third-order valence-electron chi connectivity index (χ3n) is 4.48. The van der Waals surface area contributed by atoms with E-state index in [-0.39, 0.29) is 5.54 Å². The highest BCUT2D eigenvalue weighted by molar-refractivity contribution is 7.89. The van der Waals surface area contributed by atoms with Crippen molar-refractivity contribution in [2.24, 2.45) is 5.73 Å². The van der Waals surface area contributed by atoms with Gasteiger partial charge in [-0.15, -0.1) is 0 Å². The van der Waals surface area contributed by atoms with E-state index in [0.717, 1.165) is 42.4 Å². The van der Waals surface area contributed by atoms with Gasteiger partial charge in [-0.25, -0.2) is 13.1 Å². The number of hydrogen-bond donors (Lipinski definition) is 2. The largest absolute Gasteiger partial charge is 0.326 e. The molecule has 0 spiro atoms. The van der Waals surface area contributed by atoms with Crippen molar-refractivity contribution in [1.82, 2.24) is 4.72 Å². The summed E-state index contributed by atoms with van der Waals surface area (Å²) in [5, 5.41) is 0. The van der Waals surface area contributed by atoms with Crippen LogP contribution in [0.2, 0.25) is 0 Å². The summed E-state index contributed by atoms with van der Waals surface area (Å²) in [6.45, 7) is 6.18. The summed E-state index contributed by atoms with van der Waals surface area (Å²) in [6, 6.07) is 3.62. The Morgan fingerprint density at radius 1 is 1.25 bits per heavy atom. The van der Waals surface area contributed by atoms with Crippen LogP contribution in [0.4, 0.5) is 0 Å². The number of nitrogens with two attached hydrogens (primary N) is 1. The Balaban J connectivity index is 2.39. The summed E-state index contributed by atoms with van der Waals surface area (Å²) in [6.07, 6.45) is 3.78. The van der Waals surface area contributed by atoms with E-state index in [4.69, 9.17) is 5.73 Å². The lowest BCUT2D eigenvalue weighted by Crippen LogP contribution is -2.52. The van der Waals surface area contributed by atoms with Gasteiger partial charge in [0.2, 0.25) is 10.0 Å². The van der Waals surface area contributed by atoms with Gasteiger partial charge < -0.3 is 5.73 Å². The Kier molecular flexibility index (Phi) is 4.23. The first kappa shape index (κ1) is 15.5. The topological polar surface area (TPSA) is 72.2 Å². The van der Waals surface area contributed by atoms with Gasteiger partial charge >= 0.3 is 0 Å². The average molecular weight is 296 g/mol. The van der Waals surface area contributed by atoms with Crippen LogP contribution in [0.3, 0.4) is 0 Å². The van der Waals surface area contributed by atoms with Gasteiger partial charge in [-0.1, -0.05) is 13.0 Å². The van der Waals surface area contributed by atoms with Crippen LogP contribution >= 0.6 is 0 Å². The second-order valence-electron chi connectivity index (χ2n) is 5.84. The van der Waals surface area contributed by atoms with E-state index < -0.39 is 10.0 Å². The maximum absolute atomic E-state index is 12.6. The van der Waals surface area contributed by atoms with Crippen LogP contribution < -0.4 is 10.5 Å². The van der Waals surface area contributed by atoms with Crippen molar-refractivity contribution < 1.29 is 8.42 Å². The lowest BCUT2D eigenvalue weighted by molar-refractivity contribution is 0.214. The third-order valence-corrected chi connectivity index (χ3v) is 6.20. The van der Waals surface area contributed by atoms with Crippen molar-refractivity contribution in [3.8, 4) is 0 Å². The molecule has 5 heteroatoms. The molecule has 0 unspecified atom stereocenters. The third kappa shape index (κ3) is 2.75. The van der Waals surface area contributed by atoms with Crippen LogP contribution in [0.15, 0.2) is 17.0 Å². The number of aryl methyl sites for hydroxylation is 2. The summed E-state index contributed by atoms with van der Waals surface area (Å²) in [4.78, 5) is 0.364. The van der Waals surface area contributed by atoms with Gasteiger partial charge in [-0.05, 0) is 62.3 Å². The monoisotopic (exact) mass is 296 g/mol. The molecule has 3 N–H and O–H groups in total. The molecular formula is C15H24N2O2S. The van der Waals surface area contributed by atoms with Crippen LogP contribution in [0.5, 0.6) is 0 Å². The lowest BCUT2D eigenvalue weighted by atomic mass is 9.76. The fraction of sp³-hybridized carbons (Fsp3) is 0.600. The van der Waals surface area contributed by atoms with Gasteiger partial charge in [0.25, 0.3) is 0 Å². The Morgan fingerprint density at radius 2 is 1.90 bits per heavy atom. The summed E-state index contributed by atoms with van der Waals surface area (Å²) < 4.78 is 28.2. The molecule has 1 aromatic rings. The zero-order valence-electron chi connectivity index (χ0n) is 12.5. The number of nitrogens with one attached hydrogen (secondary N) is 1. The Hall–Kier alpha value is -0.910. The van der Waals surface area contributed by atoms with Crippen LogP contribution in [0, 0.1) is 13.8 Å². The quantitative estimate of drug-likeness (QED) is 0.876. The molecule has 0 bridgehead atoms. The zero-order chi connectivity index (χ0) is 15.0. The second kappa shape index (κ2) is 5.47. The molecule has 0 radical (unpaired) electrons. The zero-order valence-corrected chi connectivity index (χ0v) is 13.3. The standard InChI is InChI=1S/C15H24N2O2S/c1-4-15(6-5-7-15)17-20(18,19)14-9-13(10-16)11(2)8-12(14)3/h8-9,17H,4-7,10,16H2,1-3H3. The number of rotatable bonds is 5. The molecule has 0 saturated heterocycles. The van der Waals surface area contributed by atoms with Crippen molar-refractivity contribution in [3.63, 3.8) is 0 Å². The summed E-state index contributed by atoms with van der Waals surface area (Å²) in [5.74, 6) is 0. The van der Waals surface area contributed by atoms with Gasteiger partial charge in [0.15, 0.2) is 0 Å². The van der Waals surface area contributed by atoms with Crippen molar-refractivity contribution in [2.75, 3.05) is 0 Å². The van der Waals surface area contributed by atoms with Crippen LogP contribution in [0.1, 0.15) is 49.3 Å². The normalized spacial score (nSPS) is 17.8. The molecule has 4 nitrogen and oxygen atoms in total. The van der Waals surface area contributed by atoms with Crippen LogP contribution in [0.25, 0.3) is 0 Å². The summed E-state index contributed by atoms with van der Waals surface area (Å²) >= 11 is 0. The van der Waals surface area contributed by atoms with E-state index in [1.165, 1.54) is 0 Å². The Labute approximate surface area is 121 Å². The Bertz CT molecular complexity index is 599. The van der Waals surface area contributed by atoms with Gasteiger partial charge in [-0.3, -0.25) is 0 Å². The minimum atomic E-state index is -3.48. The minimum Gasteiger partial charge on any atom is -0.326 e. The van der Waals surface area contributed by atoms with E-state index in [1.54, 1.807) is 6.07 Å². The maximum atomic E-state index is 12.6. The van der Waals surface area contributed by atoms with Gasteiger partial charge in [0, 0.05) is 12.1 Å². The van der Waals surface area contributed by atoms with Crippen molar-refractivity contribution in [1.29, 1.82) is 0 Å². The molecule has 20 heavy (non-hydrogen) atoms. The van der Waals surface area contributed by atoms with Gasteiger partial charge in [0.05, 0.1) is 4.90 Å². The summed E-state index contributed by atoms with van der Waals surface area (Å²) in [7, 11) is -3.48. The molecule has 1 aliphatic rings. The molecule has 112 valence electrons. The minimum absolute atomic E-state index is 0.237. The van der Waals surface area contributed by atoms with E-state index in [2.05, 4.69) is 4.72 Å². The molecule has 1 aromatic carbocycles. The van der Waals surface area contributed by atoms with Gasteiger partial charge in [-0.2, -0.15) is 0 Å². The molecular weight excluding hydrogens is 272 g/mol. The SMILES string of the molecule is CCC1(NS(=O)(=O)c2cc(CN)c(C)cc2C)CCC1. The first-order chi connectivity index (χ1) is 9.33. The fourth-order valence-corrected chi connectivity index (χ4v) is 4.66. The molecule has 1 fully saturated rings. The highest BCUT2D eigenvalue weighted by atomic mass is 32.2. The molecule has 0 atom stereocenters. The predicted molar refractivity (Wildman–Crippen MR) is 81.0 cm³/mol. The molecule has 0 aromatic heterocycles. The summed E-state index contributed by atoms with van der Waals surface area (Å²) in [5.41, 5.74) is 8.15. The molecule has 0 heterocycles. The first-order valence-electron chi connectivity index (χ1n) is 7.18. The number of benzene rings is 1. The lowest BCUT2D eigenvalue weighted by Gasteiger charge is -2.41. The van der Waals surface area contributed by atoms with Crippen molar-refractivity contribution >= 4 is 10.0 Å². The molecule has 0 amide bonds. The van der Waals surface area contributed by atoms with E-state index in [1.807, 2.05) is 26.8 Å². The van der Waals surface area contributed by atoms with Crippen LogP contribution in [-0.2, 0) is 16.6 Å². The molecule has 0 aliphatic heterocycles. The van der Waals surface area contributed by atoms with Gasteiger partial charge in [0.1, 0.15) is 0 Å². The molecule has 2 rings (SSSR count). The van der Waals surface area contributed by atoms with Crippen molar-refractivity contribution in [2.45, 2.75) is 63.4 Å². The van der Waals surface area contributed by atoms with Crippen molar-refractivity contribution in [3.05, 3.63) is 28.8 Å². The Morgan fingerprint density at radius 3 is 2.35 bits per heavy atom. The van der Waals surface area contributed by atoms with E-state index in [0.29, 0.717) is 11.4 Å². The highest BCUT2D eigenvalue weighted by Crippen LogP contribution is 2.36. The maximum Gasteiger partial charge on any atom is 0.241 e.